The van der Waals surface area contributed by atoms with Crippen LogP contribution in [0.5, 0.6) is 0 Å². The first-order chi connectivity index (χ1) is 17.0. The second kappa shape index (κ2) is 9.70. The molecule has 1 amide bonds. The largest absolute Gasteiger partial charge is 0.351 e. The third kappa shape index (κ3) is 4.94. The summed E-state index contributed by atoms with van der Waals surface area (Å²) in [7, 11) is 0. The third-order valence-electron chi connectivity index (χ3n) is 6.45. The van der Waals surface area contributed by atoms with Crippen LogP contribution in [-0.2, 0) is 11.3 Å². The van der Waals surface area contributed by atoms with Crippen molar-refractivity contribution < 1.29 is 4.79 Å². The van der Waals surface area contributed by atoms with Gasteiger partial charge in [-0.05, 0) is 67.6 Å². The molecule has 2 aromatic carbocycles. The minimum atomic E-state index is -0.224. The summed E-state index contributed by atoms with van der Waals surface area (Å²) in [5, 5.41) is 3.07. The highest BCUT2D eigenvalue weighted by Gasteiger charge is 2.29. The second-order valence-corrected chi connectivity index (χ2v) is 9.31. The SMILES string of the molecule is Cc1cc(C)cc(NC(=O)C2CCCN(c3nc4cccnc4n(Cc4ccccc4)c3=O)C2)c1. The van der Waals surface area contributed by atoms with Gasteiger partial charge < -0.3 is 10.2 Å². The summed E-state index contributed by atoms with van der Waals surface area (Å²) in [5.41, 5.74) is 5.09. The Hall–Kier alpha value is -4.00. The Labute approximate surface area is 204 Å². The number of piperidine rings is 1. The lowest BCUT2D eigenvalue weighted by atomic mass is 9.97. The van der Waals surface area contributed by atoms with Crippen LogP contribution in [0.15, 0.2) is 71.7 Å². The number of aromatic nitrogens is 3. The maximum absolute atomic E-state index is 13.6. The first-order valence-electron chi connectivity index (χ1n) is 12.0. The van der Waals surface area contributed by atoms with Gasteiger partial charge in [0.1, 0.15) is 5.52 Å². The maximum atomic E-state index is 13.6. The van der Waals surface area contributed by atoms with Crippen LogP contribution in [-0.4, -0.2) is 33.5 Å². The highest BCUT2D eigenvalue weighted by atomic mass is 16.2. The van der Waals surface area contributed by atoms with Gasteiger partial charge in [-0.25, -0.2) is 9.97 Å². The Morgan fingerprint density at radius 2 is 1.83 bits per heavy atom. The maximum Gasteiger partial charge on any atom is 0.295 e. The molecule has 1 aliphatic rings. The van der Waals surface area contributed by atoms with E-state index in [2.05, 4.69) is 16.4 Å². The lowest BCUT2D eigenvalue weighted by Gasteiger charge is -2.32. The molecule has 0 aliphatic carbocycles. The normalized spacial score (nSPS) is 15.8. The van der Waals surface area contributed by atoms with E-state index in [-0.39, 0.29) is 17.4 Å². The molecule has 35 heavy (non-hydrogen) atoms. The van der Waals surface area contributed by atoms with Gasteiger partial charge in [-0.1, -0.05) is 36.4 Å². The molecule has 0 radical (unpaired) electrons. The van der Waals surface area contributed by atoms with E-state index in [0.29, 0.717) is 36.6 Å². The quantitative estimate of drug-likeness (QED) is 0.473. The number of aryl methyl sites for hydroxylation is 2. The molecular weight excluding hydrogens is 438 g/mol. The van der Waals surface area contributed by atoms with Crippen molar-refractivity contribution in [3.63, 3.8) is 0 Å². The molecular formula is C28H29N5O2. The second-order valence-electron chi connectivity index (χ2n) is 9.31. The van der Waals surface area contributed by atoms with E-state index < -0.39 is 0 Å². The van der Waals surface area contributed by atoms with Gasteiger partial charge >= 0.3 is 0 Å². The molecule has 1 saturated heterocycles. The van der Waals surface area contributed by atoms with Gasteiger partial charge in [0.15, 0.2) is 11.5 Å². The lowest BCUT2D eigenvalue weighted by molar-refractivity contribution is -0.120. The zero-order valence-electron chi connectivity index (χ0n) is 20.1. The average Bonchev–Trinajstić information content (AvgIpc) is 2.85. The van der Waals surface area contributed by atoms with Crippen molar-refractivity contribution in [2.75, 3.05) is 23.3 Å². The van der Waals surface area contributed by atoms with E-state index in [1.807, 2.05) is 73.3 Å². The molecule has 2 aromatic heterocycles. The Morgan fingerprint density at radius 3 is 2.60 bits per heavy atom. The summed E-state index contributed by atoms with van der Waals surface area (Å²) in [6.07, 6.45) is 3.27. The fourth-order valence-corrected chi connectivity index (χ4v) is 4.86. The van der Waals surface area contributed by atoms with Gasteiger partial charge in [0.05, 0.1) is 12.5 Å². The van der Waals surface area contributed by atoms with Gasteiger partial charge in [0.2, 0.25) is 5.91 Å². The number of carbonyl (C=O) groups is 1. The number of benzene rings is 2. The number of hydrogen-bond acceptors (Lipinski definition) is 5. The molecule has 1 aliphatic heterocycles. The zero-order chi connectivity index (χ0) is 24.4. The number of carbonyl (C=O) groups excluding carboxylic acids is 1. The van der Waals surface area contributed by atoms with Crippen molar-refractivity contribution in [2.45, 2.75) is 33.2 Å². The number of amides is 1. The van der Waals surface area contributed by atoms with Crippen LogP contribution < -0.4 is 15.8 Å². The smallest absolute Gasteiger partial charge is 0.295 e. The van der Waals surface area contributed by atoms with E-state index in [1.165, 1.54) is 0 Å². The standard InChI is InChI=1S/C28H29N5O2/c1-19-14-20(2)16-23(15-19)30-27(34)22-10-7-13-32(18-22)26-28(35)33(17-21-8-4-3-5-9-21)25-24(31-26)11-6-12-29-25/h3-6,8-9,11-12,14-16,22H,7,10,13,17-18H2,1-2H3,(H,30,34). The average molecular weight is 468 g/mol. The monoisotopic (exact) mass is 467 g/mol. The molecule has 0 bridgehead atoms. The van der Waals surface area contributed by atoms with Crippen LogP contribution in [0, 0.1) is 19.8 Å². The Bertz CT molecular complexity index is 1410. The minimum absolute atomic E-state index is 0.0215. The number of hydrogen-bond donors (Lipinski definition) is 1. The molecule has 1 unspecified atom stereocenters. The molecule has 0 spiro atoms. The first kappa shape index (κ1) is 22.8. The molecule has 7 nitrogen and oxygen atoms in total. The van der Waals surface area contributed by atoms with E-state index in [0.717, 1.165) is 35.2 Å². The van der Waals surface area contributed by atoms with Crippen molar-refractivity contribution in [3.8, 4) is 0 Å². The van der Waals surface area contributed by atoms with Crippen molar-refractivity contribution >= 4 is 28.6 Å². The summed E-state index contributed by atoms with van der Waals surface area (Å²) in [5.74, 6) is 0.134. The van der Waals surface area contributed by atoms with Gasteiger partial charge in [-0.15, -0.1) is 0 Å². The van der Waals surface area contributed by atoms with Crippen LogP contribution in [0.4, 0.5) is 11.5 Å². The topological polar surface area (TPSA) is 80.1 Å². The van der Waals surface area contributed by atoms with Gasteiger partial charge in [0.25, 0.3) is 5.56 Å². The number of pyridine rings is 1. The van der Waals surface area contributed by atoms with Crippen molar-refractivity contribution in [3.05, 3.63) is 93.9 Å². The minimum Gasteiger partial charge on any atom is -0.351 e. The molecule has 1 fully saturated rings. The van der Waals surface area contributed by atoms with Crippen LogP contribution in [0.1, 0.15) is 29.5 Å². The van der Waals surface area contributed by atoms with Crippen LogP contribution in [0.3, 0.4) is 0 Å². The summed E-state index contributed by atoms with van der Waals surface area (Å²) in [4.78, 5) is 37.9. The molecule has 4 aromatic rings. The summed E-state index contributed by atoms with van der Waals surface area (Å²) >= 11 is 0. The van der Waals surface area contributed by atoms with Crippen molar-refractivity contribution in [1.29, 1.82) is 0 Å². The predicted octanol–water partition coefficient (Wildman–Crippen LogP) is 4.31. The summed E-state index contributed by atoms with van der Waals surface area (Å²) < 4.78 is 1.69. The number of fused-ring (bicyclic) bond motifs is 1. The number of nitrogens with zero attached hydrogens (tertiary/aromatic N) is 4. The molecule has 7 heteroatoms. The predicted molar refractivity (Wildman–Crippen MR) is 139 cm³/mol. The molecule has 0 saturated carbocycles. The Morgan fingerprint density at radius 1 is 1.06 bits per heavy atom. The highest BCUT2D eigenvalue weighted by molar-refractivity contribution is 5.93. The fraction of sp³-hybridized carbons (Fsp3) is 0.286. The molecule has 1 N–H and O–H groups in total. The van der Waals surface area contributed by atoms with Crippen molar-refractivity contribution in [1.82, 2.24) is 14.5 Å². The van der Waals surface area contributed by atoms with Crippen LogP contribution in [0.25, 0.3) is 11.2 Å². The Kier molecular flexibility index (Phi) is 6.31. The number of nitrogens with one attached hydrogen (secondary N) is 1. The van der Waals surface area contributed by atoms with E-state index in [1.54, 1.807) is 10.8 Å². The fourth-order valence-electron chi connectivity index (χ4n) is 4.86. The van der Waals surface area contributed by atoms with Gasteiger partial charge in [-0.2, -0.15) is 0 Å². The first-order valence-corrected chi connectivity index (χ1v) is 12.0. The van der Waals surface area contributed by atoms with Crippen LogP contribution in [0.2, 0.25) is 0 Å². The van der Waals surface area contributed by atoms with Crippen molar-refractivity contribution in [2.24, 2.45) is 5.92 Å². The molecule has 1 atom stereocenters. The lowest BCUT2D eigenvalue weighted by Crippen LogP contribution is -2.44. The highest BCUT2D eigenvalue weighted by Crippen LogP contribution is 2.23. The number of rotatable bonds is 5. The van der Waals surface area contributed by atoms with Gasteiger partial charge in [0, 0.05) is 25.0 Å². The van der Waals surface area contributed by atoms with Crippen LogP contribution >= 0.6 is 0 Å². The summed E-state index contributed by atoms with van der Waals surface area (Å²) in [6, 6.07) is 19.6. The summed E-state index contributed by atoms with van der Waals surface area (Å²) in [6.45, 7) is 5.59. The molecule has 178 valence electrons. The molecule has 3 heterocycles. The number of anilines is 2. The Balaban J connectivity index is 1.44. The zero-order valence-corrected chi connectivity index (χ0v) is 20.1. The van der Waals surface area contributed by atoms with E-state index in [4.69, 9.17) is 4.98 Å². The third-order valence-corrected chi connectivity index (χ3v) is 6.45. The molecule has 5 rings (SSSR count). The van der Waals surface area contributed by atoms with E-state index in [9.17, 15) is 9.59 Å². The van der Waals surface area contributed by atoms with Gasteiger partial charge in [-0.3, -0.25) is 14.2 Å². The van der Waals surface area contributed by atoms with E-state index >= 15 is 0 Å².